The predicted octanol–water partition coefficient (Wildman–Crippen LogP) is 2.91. The fourth-order valence-electron chi connectivity index (χ4n) is 2.59. The van der Waals surface area contributed by atoms with Gasteiger partial charge in [-0.15, -0.1) is 11.6 Å². The van der Waals surface area contributed by atoms with E-state index in [1.54, 1.807) is 11.8 Å². The molecule has 5 heteroatoms. The van der Waals surface area contributed by atoms with Crippen LogP contribution in [0.5, 0.6) is 0 Å². The molecule has 1 fully saturated rings. The fourth-order valence-corrected chi connectivity index (χ4v) is 2.86. The summed E-state index contributed by atoms with van der Waals surface area (Å²) in [4.78, 5) is 26.2. The van der Waals surface area contributed by atoms with Gasteiger partial charge < -0.3 is 9.64 Å². The summed E-state index contributed by atoms with van der Waals surface area (Å²) >= 11 is 6.29. The van der Waals surface area contributed by atoms with Crippen LogP contribution in [0, 0.1) is 0 Å². The van der Waals surface area contributed by atoms with Gasteiger partial charge in [0.25, 0.3) is 0 Å². The molecule has 0 aromatic heterocycles. The van der Waals surface area contributed by atoms with Gasteiger partial charge in [-0.05, 0) is 31.7 Å². The molecule has 1 heterocycles. The van der Waals surface area contributed by atoms with E-state index in [9.17, 15) is 9.59 Å². The molecule has 1 aromatic carbocycles. The lowest BCUT2D eigenvalue weighted by molar-refractivity contribution is -0.156. The number of piperidine rings is 1. The van der Waals surface area contributed by atoms with Gasteiger partial charge in [0.1, 0.15) is 11.4 Å². The largest absolute Gasteiger partial charge is 0.464 e. The van der Waals surface area contributed by atoms with Crippen LogP contribution in [0.2, 0.25) is 0 Å². The highest BCUT2D eigenvalue weighted by atomic mass is 35.5. The molecular weight excluding hydrogens is 290 g/mol. The van der Waals surface area contributed by atoms with Gasteiger partial charge in [0.15, 0.2) is 0 Å². The predicted molar refractivity (Wildman–Crippen MR) is 81.0 cm³/mol. The standard InChI is InChI=1S/C16H20ClNO3/c1-2-21-16(20)13-10-6-7-11-18(13)15(19)14(17)12-8-4-3-5-9-12/h3-5,8-9,13-14H,2,6-7,10-11H2,1H3. The van der Waals surface area contributed by atoms with Crippen molar-refractivity contribution in [1.29, 1.82) is 0 Å². The van der Waals surface area contributed by atoms with Crippen molar-refractivity contribution in [2.75, 3.05) is 13.2 Å². The molecule has 0 radical (unpaired) electrons. The fraction of sp³-hybridized carbons (Fsp3) is 0.500. The minimum Gasteiger partial charge on any atom is -0.464 e. The lowest BCUT2D eigenvalue weighted by Crippen LogP contribution is -2.49. The average molecular weight is 310 g/mol. The lowest BCUT2D eigenvalue weighted by atomic mass is 10.0. The van der Waals surface area contributed by atoms with E-state index in [2.05, 4.69) is 0 Å². The van der Waals surface area contributed by atoms with Gasteiger partial charge in [-0.2, -0.15) is 0 Å². The second-order valence-corrected chi connectivity index (χ2v) is 5.50. The van der Waals surface area contributed by atoms with Crippen molar-refractivity contribution >= 4 is 23.5 Å². The molecule has 2 rings (SSSR count). The summed E-state index contributed by atoms with van der Waals surface area (Å²) < 4.78 is 5.07. The highest BCUT2D eigenvalue weighted by Crippen LogP contribution is 2.27. The molecule has 2 unspecified atom stereocenters. The Morgan fingerprint density at radius 2 is 2.05 bits per heavy atom. The molecule has 21 heavy (non-hydrogen) atoms. The van der Waals surface area contributed by atoms with E-state index < -0.39 is 11.4 Å². The van der Waals surface area contributed by atoms with Crippen LogP contribution in [-0.4, -0.2) is 36.0 Å². The van der Waals surface area contributed by atoms with E-state index in [0.717, 1.165) is 18.4 Å². The van der Waals surface area contributed by atoms with Gasteiger partial charge in [-0.1, -0.05) is 30.3 Å². The van der Waals surface area contributed by atoms with Crippen molar-refractivity contribution in [3.05, 3.63) is 35.9 Å². The van der Waals surface area contributed by atoms with Gasteiger partial charge in [0.2, 0.25) is 5.91 Å². The third-order valence-corrected chi connectivity index (χ3v) is 4.09. The summed E-state index contributed by atoms with van der Waals surface area (Å²) in [7, 11) is 0. The Hall–Kier alpha value is -1.55. The first kappa shape index (κ1) is 15.8. The lowest BCUT2D eigenvalue weighted by Gasteiger charge is -2.35. The van der Waals surface area contributed by atoms with Crippen LogP contribution in [0.25, 0.3) is 0 Å². The maximum Gasteiger partial charge on any atom is 0.328 e. The minimum absolute atomic E-state index is 0.222. The zero-order valence-electron chi connectivity index (χ0n) is 12.1. The molecule has 2 atom stereocenters. The zero-order valence-corrected chi connectivity index (χ0v) is 12.9. The van der Waals surface area contributed by atoms with Gasteiger partial charge in [-0.3, -0.25) is 4.79 Å². The van der Waals surface area contributed by atoms with E-state index in [1.165, 1.54) is 0 Å². The summed E-state index contributed by atoms with van der Waals surface area (Å²) in [5, 5.41) is -0.763. The third-order valence-electron chi connectivity index (χ3n) is 3.65. The molecule has 114 valence electrons. The number of carbonyl (C=O) groups excluding carboxylic acids is 2. The monoisotopic (exact) mass is 309 g/mol. The van der Waals surface area contributed by atoms with Crippen molar-refractivity contribution in [2.45, 2.75) is 37.6 Å². The second kappa shape index (κ2) is 7.46. The maximum absolute atomic E-state index is 12.6. The Bertz CT molecular complexity index is 492. The number of alkyl halides is 1. The number of nitrogens with zero attached hydrogens (tertiary/aromatic N) is 1. The smallest absolute Gasteiger partial charge is 0.328 e. The van der Waals surface area contributed by atoms with Crippen LogP contribution in [0.3, 0.4) is 0 Å². The normalized spacial score (nSPS) is 19.9. The van der Waals surface area contributed by atoms with Crippen LogP contribution < -0.4 is 0 Å². The van der Waals surface area contributed by atoms with Crippen molar-refractivity contribution in [2.24, 2.45) is 0 Å². The van der Waals surface area contributed by atoms with Gasteiger partial charge >= 0.3 is 5.97 Å². The molecular formula is C16H20ClNO3. The van der Waals surface area contributed by atoms with E-state index in [0.29, 0.717) is 19.6 Å². The van der Waals surface area contributed by atoms with E-state index in [4.69, 9.17) is 16.3 Å². The molecule has 4 nitrogen and oxygen atoms in total. The Labute approximate surface area is 130 Å². The number of amides is 1. The first-order chi connectivity index (χ1) is 10.1. The number of hydrogen-bond donors (Lipinski definition) is 0. The van der Waals surface area contributed by atoms with E-state index >= 15 is 0 Å². The quantitative estimate of drug-likeness (QED) is 0.634. The number of halogens is 1. The Morgan fingerprint density at radius 1 is 1.33 bits per heavy atom. The molecule has 1 aliphatic rings. The van der Waals surface area contributed by atoms with Gasteiger partial charge in [0, 0.05) is 6.54 Å². The Kier molecular flexibility index (Phi) is 5.62. The molecule has 1 saturated heterocycles. The van der Waals surface area contributed by atoms with Crippen molar-refractivity contribution in [1.82, 2.24) is 4.90 Å². The van der Waals surface area contributed by atoms with Crippen LogP contribution in [-0.2, 0) is 14.3 Å². The maximum atomic E-state index is 12.6. The summed E-state index contributed by atoms with van der Waals surface area (Å²) in [5.41, 5.74) is 0.748. The molecule has 1 aromatic rings. The topological polar surface area (TPSA) is 46.6 Å². The van der Waals surface area contributed by atoms with Crippen LogP contribution in [0.15, 0.2) is 30.3 Å². The molecule has 0 saturated carbocycles. The molecule has 0 N–H and O–H groups in total. The second-order valence-electron chi connectivity index (χ2n) is 5.07. The number of hydrogen-bond acceptors (Lipinski definition) is 3. The first-order valence-electron chi connectivity index (χ1n) is 7.31. The molecule has 1 aliphatic heterocycles. The van der Waals surface area contributed by atoms with E-state index in [-0.39, 0.29) is 11.9 Å². The molecule has 0 aliphatic carbocycles. The molecule has 1 amide bonds. The zero-order chi connectivity index (χ0) is 15.2. The SMILES string of the molecule is CCOC(=O)C1CCCCN1C(=O)C(Cl)c1ccccc1. The first-order valence-corrected chi connectivity index (χ1v) is 7.75. The van der Waals surface area contributed by atoms with Crippen LogP contribution >= 0.6 is 11.6 Å². The summed E-state index contributed by atoms with van der Waals surface area (Å²) in [6, 6.07) is 8.70. The van der Waals surface area contributed by atoms with E-state index in [1.807, 2.05) is 30.3 Å². The minimum atomic E-state index is -0.763. The number of rotatable bonds is 4. The van der Waals surface area contributed by atoms with Crippen LogP contribution in [0.4, 0.5) is 0 Å². The van der Waals surface area contributed by atoms with Gasteiger partial charge in [-0.25, -0.2) is 4.79 Å². The number of carbonyl (C=O) groups is 2. The van der Waals surface area contributed by atoms with Gasteiger partial charge in [0.05, 0.1) is 6.61 Å². The van der Waals surface area contributed by atoms with Crippen molar-refractivity contribution < 1.29 is 14.3 Å². The molecule has 0 bridgehead atoms. The highest BCUT2D eigenvalue weighted by Gasteiger charge is 2.36. The summed E-state index contributed by atoms with van der Waals surface area (Å²) in [6.45, 7) is 2.64. The third kappa shape index (κ3) is 3.76. The summed E-state index contributed by atoms with van der Waals surface area (Å²) in [5.74, 6) is -0.553. The highest BCUT2D eigenvalue weighted by molar-refractivity contribution is 6.30. The Morgan fingerprint density at radius 3 is 2.71 bits per heavy atom. The van der Waals surface area contributed by atoms with Crippen LogP contribution in [0.1, 0.15) is 37.1 Å². The number of likely N-dealkylation sites (tertiary alicyclic amines) is 1. The van der Waals surface area contributed by atoms with Crippen molar-refractivity contribution in [3.63, 3.8) is 0 Å². The Balaban J connectivity index is 2.13. The number of benzene rings is 1. The summed E-state index contributed by atoms with van der Waals surface area (Å²) in [6.07, 6.45) is 2.45. The number of ether oxygens (including phenoxy) is 1. The van der Waals surface area contributed by atoms with Crippen molar-refractivity contribution in [3.8, 4) is 0 Å². The average Bonchev–Trinajstić information content (AvgIpc) is 2.54. The number of esters is 1. The molecule has 0 spiro atoms.